The van der Waals surface area contributed by atoms with E-state index in [1.54, 1.807) is 7.05 Å². The summed E-state index contributed by atoms with van der Waals surface area (Å²) in [6, 6.07) is 0. The smallest absolute Gasteiger partial charge is 0.323 e. The zero-order valence-electron chi connectivity index (χ0n) is 12.8. The monoisotopic (exact) mass is 258 g/mol. The van der Waals surface area contributed by atoms with E-state index in [0.29, 0.717) is 12.8 Å². The highest BCUT2D eigenvalue weighted by Crippen LogP contribution is 2.21. The topological polar surface area (TPSA) is 52.6 Å². The van der Waals surface area contributed by atoms with E-state index in [4.69, 9.17) is 0 Å². The number of rotatable bonds is 9. The first-order chi connectivity index (χ1) is 8.25. The van der Waals surface area contributed by atoms with Gasteiger partial charge in [-0.05, 0) is 60.2 Å². The minimum absolute atomic E-state index is 0.178. The van der Waals surface area contributed by atoms with Crippen LogP contribution in [0.1, 0.15) is 53.4 Å². The molecule has 0 rings (SSSR count). The zero-order valence-corrected chi connectivity index (χ0v) is 12.8. The second-order valence-corrected chi connectivity index (χ2v) is 5.68. The molecule has 18 heavy (non-hydrogen) atoms. The molecule has 0 saturated carbocycles. The molecule has 0 aromatic carbocycles. The van der Waals surface area contributed by atoms with Crippen molar-refractivity contribution in [3.8, 4) is 0 Å². The molecule has 4 heteroatoms. The van der Waals surface area contributed by atoms with Crippen LogP contribution in [0.3, 0.4) is 0 Å². The molecule has 0 saturated heterocycles. The Morgan fingerprint density at radius 2 is 1.83 bits per heavy atom. The minimum atomic E-state index is -0.767. The number of nitrogens with zero attached hydrogens (tertiary/aromatic N) is 1. The standard InChI is InChI=1S/C14H30N2O2/c1-7-13(3,4)16(6)11-9-10-14(8-2,15-5)12(17)18/h15H,7-11H2,1-6H3,(H,17,18). The van der Waals surface area contributed by atoms with Gasteiger partial charge < -0.3 is 15.3 Å². The molecule has 108 valence electrons. The average molecular weight is 258 g/mol. The summed E-state index contributed by atoms with van der Waals surface area (Å²) in [6.45, 7) is 9.46. The molecule has 0 aliphatic rings. The summed E-state index contributed by atoms with van der Waals surface area (Å²) in [5, 5.41) is 12.3. The van der Waals surface area contributed by atoms with Crippen LogP contribution in [0.5, 0.6) is 0 Å². The maximum atomic E-state index is 11.3. The molecular formula is C14H30N2O2. The van der Waals surface area contributed by atoms with Crippen molar-refractivity contribution >= 4 is 5.97 Å². The quantitative estimate of drug-likeness (QED) is 0.666. The van der Waals surface area contributed by atoms with Gasteiger partial charge in [0.25, 0.3) is 0 Å². The van der Waals surface area contributed by atoms with E-state index >= 15 is 0 Å². The van der Waals surface area contributed by atoms with Crippen molar-refractivity contribution in [2.24, 2.45) is 0 Å². The van der Waals surface area contributed by atoms with E-state index in [9.17, 15) is 9.90 Å². The summed E-state index contributed by atoms with van der Waals surface area (Å²) in [6.07, 6.45) is 3.26. The number of hydrogen-bond donors (Lipinski definition) is 2. The van der Waals surface area contributed by atoms with Crippen molar-refractivity contribution in [2.45, 2.75) is 64.5 Å². The van der Waals surface area contributed by atoms with Crippen LogP contribution in [-0.4, -0.2) is 47.7 Å². The molecule has 0 spiro atoms. The summed E-state index contributed by atoms with van der Waals surface area (Å²) in [4.78, 5) is 13.6. The van der Waals surface area contributed by atoms with Crippen LogP contribution in [0.2, 0.25) is 0 Å². The van der Waals surface area contributed by atoms with Crippen molar-refractivity contribution in [1.82, 2.24) is 10.2 Å². The van der Waals surface area contributed by atoms with Gasteiger partial charge in [0.2, 0.25) is 0 Å². The molecule has 1 unspecified atom stereocenters. The second-order valence-electron chi connectivity index (χ2n) is 5.68. The lowest BCUT2D eigenvalue weighted by Gasteiger charge is -2.36. The Kier molecular flexibility index (Phi) is 6.86. The number of carbonyl (C=O) groups is 1. The molecule has 1 atom stereocenters. The fourth-order valence-electron chi connectivity index (χ4n) is 2.03. The number of nitrogens with one attached hydrogen (secondary N) is 1. The van der Waals surface area contributed by atoms with Gasteiger partial charge in [0, 0.05) is 5.54 Å². The van der Waals surface area contributed by atoms with Gasteiger partial charge >= 0.3 is 5.97 Å². The van der Waals surface area contributed by atoms with Crippen molar-refractivity contribution < 1.29 is 9.90 Å². The summed E-state index contributed by atoms with van der Waals surface area (Å²) in [7, 11) is 3.84. The largest absolute Gasteiger partial charge is 0.480 e. The van der Waals surface area contributed by atoms with E-state index in [2.05, 4.69) is 38.0 Å². The first kappa shape index (κ1) is 17.4. The van der Waals surface area contributed by atoms with Crippen LogP contribution in [0.15, 0.2) is 0 Å². The van der Waals surface area contributed by atoms with Gasteiger partial charge in [-0.15, -0.1) is 0 Å². The third-order valence-electron chi connectivity index (χ3n) is 4.49. The molecule has 0 amide bonds. The van der Waals surface area contributed by atoms with Gasteiger partial charge in [0.05, 0.1) is 0 Å². The van der Waals surface area contributed by atoms with Crippen molar-refractivity contribution in [3.05, 3.63) is 0 Å². The molecule has 0 heterocycles. The number of aliphatic carboxylic acids is 1. The Morgan fingerprint density at radius 1 is 1.28 bits per heavy atom. The molecule has 0 bridgehead atoms. The van der Waals surface area contributed by atoms with Crippen LogP contribution in [0.25, 0.3) is 0 Å². The number of carboxylic acids is 1. The molecule has 4 nitrogen and oxygen atoms in total. The molecule has 0 aliphatic heterocycles. The Balaban J connectivity index is 4.36. The molecule has 0 radical (unpaired) electrons. The molecule has 0 aromatic rings. The number of likely N-dealkylation sites (N-methyl/N-ethyl adjacent to an activating group) is 1. The van der Waals surface area contributed by atoms with E-state index in [1.165, 1.54) is 0 Å². The SMILES string of the molecule is CCC(CCCN(C)C(C)(C)CC)(NC)C(=O)O. The summed E-state index contributed by atoms with van der Waals surface area (Å²) in [5.41, 5.74) is -0.588. The second kappa shape index (κ2) is 7.10. The van der Waals surface area contributed by atoms with Crippen molar-refractivity contribution in [1.29, 1.82) is 0 Å². The Morgan fingerprint density at radius 3 is 2.17 bits per heavy atom. The van der Waals surface area contributed by atoms with Crippen LogP contribution in [0, 0.1) is 0 Å². The summed E-state index contributed by atoms with van der Waals surface area (Å²) >= 11 is 0. The van der Waals surface area contributed by atoms with Crippen molar-refractivity contribution in [2.75, 3.05) is 20.6 Å². The van der Waals surface area contributed by atoms with Gasteiger partial charge in [-0.3, -0.25) is 4.79 Å². The molecule has 2 N–H and O–H groups in total. The van der Waals surface area contributed by atoms with E-state index < -0.39 is 11.5 Å². The van der Waals surface area contributed by atoms with Crippen LogP contribution >= 0.6 is 0 Å². The maximum Gasteiger partial charge on any atom is 0.323 e. The van der Waals surface area contributed by atoms with Crippen molar-refractivity contribution in [3.63, 3.8) is 0 Å². The molecule has 0 fully saturated rings. The summed E-state index contributed by atoms with van der Waals surface area (Å²) < 4.78 is 0. The fraction of sp³-hybridized carbons (Fsp3) is 0.929. The first-order valence-electron chi connectivity index (χ1n) is 6.89. The Hall–Kier alpha value is -0.610. The van der Waals surface area contributed by atoms with Crippen LogP contribution in [0.4, 0.5) is 0 Å². The molecular weight excluding hydrogens is 228 g/mol. The lowest BCUT2D eigenvalue weighted by Crippen LogP contribution is -2.50. The molecule has 0 aromatic heterocycles. The van der Waals surface area contributed by atoms with E-state index in [-0.39, 0.29) is 5.54 Å². The first-order valence-corrected chi connectivity index (χ1v) is 6.89. The maximum absolute atomic E-state index is 11.3. The number of carboxylic acid groups (broad SMARTS) is 1. The third kappa shape index (κ3) is 4.25. The van der Waals surface area contributed by atoms with E-state index in [1.807, 2.05) is 6.92 Å². The predicted octanol–water partition coefficient (Wildman–Crippen LogP) is 2.34. The Bertz CT molecular complexity index is 261. The average Bonchev–Trinajstić information content (AvgIpc) is 2.34. The number of hydrogen-bond acceptors (Lipinski definition) is 3. The van der Waals surface area contributed by atoms with Gasteiger partial charge in [-0.2, -0.15) is 0 Å². The highest BCUT2D eigenvalue weighted by atomic mass is 16.4. The van der Waals surface area contributed by atoms with Gasteiger partial charge in [-0.1, -0.05) is 13.8 Å². The zero-order chi connectivity index (χ0) is 14.4. The molecule has 0 aliphatic carbocycles. The minimum Gasteiger partial charge on any atom is -0.480 e. The van der Waals surface area contributed by atoms with Crippen LogP contribution in [-0.2, 0) is 4.79 Å². The van der Waals surface area contributed by atoms with E-state index in [0.717, 1.165) is 19.4 Å². The summed E-state index contributed by atoms with van der Waals surface area (Å²) in [5.74, 6) is -0.745. The van der Waals surface area contributed by atoms with Crippen LogP contribution < -0.4 is 5.32 Å². The normalized spacial score (nSPS) is 15.7. The fourth-order valence-corrected chi connectivity index (χ4v) is 2.03. The van der Waals surface area contributed by atoms with Gasteiger partial charge in [0.1, 0.15) is 5.54 Å². The predicted molar refractivity (Wildman–Crippen MR) is 76.0 cm³/mol. The lowest BCUT2D eigenvalue weighted by atomic mass is 9.90. The lowest BCUT2D eigenvalue weighted by molar-refractivity contribution is -0.145. The van der Waals surface area contributed by atoms with Gasteiger partial charge in [-0.25, -0.2) is 0 Å². The Labute approximate surface area is 112 Å². The highest BCUT2D eigenvalue weighted by molar-refractivity contribution is 5.78. The van der Waals surface area contributed by atoms with Gasteiger partial charge in [0.15, 0.2) is 0 Å². The highest BCUT2D eigenvalue weighted by Gasteiger charge is 2.34. The third-order valence-corrected chi connectivity index (χ3v) is 4.49.